The van der Waals surface area contributed by atoms with Crippen LogP contribution in [0, 0.1) is 0 Å². The second-order valence-electron chi connectivity index (χ2n) is 16.6. The highest BCUT2D eigenvalue weighted by molar-refractivity contribution is 7.47. The number of carbonyl (C=O) groups is 1. The summed E-state index contributed by atoms with van der Waals surface area (Å²) >= 11 is 0. The first-order valence-electron chi connectivity index (χ1n) is 23.8. The molecule has 0 amide bonds. The lowest BCUT2D eigenvalue weighted by Gasteiger charge is -2.41. The van der Waals surface area contributed by atoms with E-state index in [1.165, 1.54) is 89.9 Å². The molecule has 0 aromatic carbocycles. The van der Waals surface area contributed by atoms with Crippen LogP contribution in [0.3, 0.4) is 0 Å². The summed E-state index contributed by atoms with van der Waals surface area (Å²) in [4.78, 5) is 23.2. The molecule has 0 radical (unpaired) electrons. The van der Waals surface area contributed by atoms with E-state index in [1.54, 1.807) is 0 Å². The summed E-state index contributed by atoms with van der Waals surface area (Å²) in [6, 6.07) is 0. The average molecular weight is 875 g/mol. The Balaban J connectivity index is 2.38. The molecule has 0 aromatic heterocycles. The third kappa shape index (κ3) is 29.8. The van der Waals surface area contributed by atoms with Gasteiger partial charge in [0.1, 0.15) is 42.7 Å². The highest BCUT2D eigenvalue weighted by Gasteiger charge is 2.51. The Morgan fingerprint density at radius 1 is 0.550 bits per heavy atom. The number of rotatable bonds is 40. The fraction of sp³-hybridized carbons (Fsp3) is 0.851. The highest BCUT2D eigenvalue weighted by atomic mass is 31.2. The number of phosphoric acid groups is 1. The second-order valence-corrected chi connectivity index (χ2v) is 18.0. The van der Waals surface area contributed by atoms with E-state index in [0.29, 0.717) is 13.0 Å². The molecular weight excluding hydrogens is 787 g/mol. The summed E-state index contributed by atoms with van der Waals surface area (Å²) in [5.41, 5.74) is 0. The minimum atomic E-state index is -5.02. The molecule has 0 saturated heterocycles. The van der Waals surface area contributed by atoms with Crippen LogP contribution in [0.1, 0.15) is 194 Å². The van der Waals surface area contributed by atoms with Gasteiger partial charge in [-0.05, 0) is 44.9 Å². The third-order valence-electron chi connectivity index (χ3n) is 11.0. The lowest BCUT2D eigenvalue weighted by molar-refractivity contribution is -0.220. The van der Waals surface area contributed by atoms with Crippen molar-refractivity contribution in [2.45, 2.75) is 236 Å². The molecule has 12 nitrogen and oxygen atoms in total. The molecule has 352 valence electrons. The zero-order chi connectivity index (χ0) is 44.1. The van der Waals surface area contributed by atoms with Crippen molar-refractivity contribution in [1.29, 1.82) is 0 Å². The van der Waals surface area contributed by atoms with Gasteiger partial charge in [-0.25, -0.2) is 4.57 Å². The number of carbonyl (C=O) groups excluding carboxylic acids is 1. The number of aliphatic hydroxyl groups excluding tert-OH is 5. The maximum atomic E-state index is 12.8. The van der Waals surface area contributed by atoms with E-state index in [-0.39, 0.29) is 13.0 Å². The minimum Gasteiger partial charge on any atom is -0.457 e. The summed E-state index contributed by atoms with van der Waals surface area (Å²) in [5, 5.41) is 50.2. The number of phosphoric ester groups is 1. The van der Waals surface area contributed by atoms with Crippen molar-refractivity contribution in [2.24, 2.45) is 0 Å². The van der Waals surface area contributed by atoms with Gasteiger partial charge in [-0.1, -0.05) is 179 Å². The molecule has 0 heterocycles. The molecule has 0 aliphatic heterocycles. The number of unbranched alkanes of at least 4 members (excludes halogenated alkanes) is 22. The summed E-state index contributed by atoms with van der Waals surface area (Å²) in [5.74, 6) is -0.485. The van der Waals surface area contributed by atoms with E-state index in [2.05, 4.69) is 50.3 Å². The van der Waals surface area contributed by atoms with Crippen molar-refractivity contribution in [1.82, 2.24) is 0 Å². The van der Waals surface area contributed by atoms with Gasteiger partial charge >= 0.3 is 13.8 Å². The number of esters is 1. The fourth-order valence-corrected chi connectivity index (χ4v) is 8.23. The molecule has 6 N–H and O–H groups in total. The Bertz CT molecular complexity index is 1130. The zero-order valence-electron chi connectivity index (χ0n) is 37.5. The Kier molecular flexibility index (Phi) is 35.9. The molecule has 6 unspecified atom stereocenters. The summed E-state index contributed by atoms with van der Waals surface area (Å²) in [7, 11) is -5.02. The van der Waals surface area contributed by atoms with E-state index >= 15 is 0 Å². The SMILES string of the molecule is CC/C=C\C/C=C\C/C=C\CCCCCCCCCC(=O)OC(COCCCCCCCCCCCCCCCCCC)COP(=O)(O)OC1C(O)C(O)C(O)C(O)C1O. The molecule has 1 aliphatic carbocycles. The maximum absolute atomic E-state index is 12.8. The first-order chi connectivity index (χ1) is 29.0. The normalized spacial score (nSPS) is 22.6. The first kappa shape index (κ1) is 56.6. The van der Waals surface area contributed by atoms with Crippen LogP contribution in [-0.4, -0.2) is 98.9 Å². The average Bonchev–Trinajstić information content (AvgIpc) is 3.23. The minimum absolute atomic E-state index is 0.0781. The monoisotopic (exact) mass is 875 g/mol. The third-order valence-corrected chi connectivity index (χ3v) is 12.0. The van der Waals surface area contributed by atoms with E-state index in [9.17, 15) is 39.8 Å². The van der Waals surface area contributed by atoms with Gasteiger partial charge in [-0.2, -0.15) is 0 Å². The molecule has 1 rings (SSSR count). The Morgan fingerprint density at radius 3 is 1.50 bits per heavy atom. The van der Waals surface area contributed by atoms with Crippen LogP contribution in [0.15, 0.2) is 36.5 Å². The van der Waals surface area contributed by atoms with E-state index in [4.69, 9.17) is 18.5 Å². The lowest BCUT2D eigenvalue weighted by Crippen LogP contribution is -2.64. The predicted octanol–water partition coefficient (Wildman–Crippen LogP) is 9.87. The Labute approximate surface area is 363 Å². The first-order valence-corrected chi connectivity index (χ1v) is 25.3. The molecule has 1 aliphatic rings. The summed E-state index contributed by atoms with van der Waals surface area (Å²) < 4.78 is 34.2. The maximum Gasteiger partial charge on any atom is 0.472 e. The smallest absolute Gasteiger partial charge is 0.457 e. The number of hydrogen-bond acceptors (Lipinski definition) is 11. The van der Waals surface area contributed by atoms with Gasteiger partial charge in [0.05, 0.1) is 13.2 Å². The number of hydrogen-bond donors (Lipinski definition) is 6. The molecule has 1 fully saturated rings. The number of aliphatic hydroxyl groups is 5. The Hall–Kier alpha value is -1.44. The van der Waals surface area contributed by atoms with Gasteiger partial charge in [0.2, 0.25) is 0 Å². The van der Waals surface area contributed by atoms with Gasteiger partial charge in [-0.15, -0.1) is 0 Å². The largest absolute Gasteiger partial charge is 0.472 e. The summed E-state index contributed by atoms with van der Waals surface area (Å²) in [6.45, 7) is 4.16. The van der Waals surface area contributed by atoms with Crippen molar-refractivity contribution in [3.63, 3.8) is 0 Å². The molecule has 6 atom stereocenters. The lowest BCUT2D eigenvalue weighted by atomic mass is 9.85. The van der Waals surface area contributed by atoms with Gasteiger partial charge in [-0.3, -0.25) is 13.8 Å². The second kappa shape index (κ2) is 38.1. The topological polar surface area (TPSA) is 192 Å². The molecule has 0 aromatic rings. The van der Waals surface area contributed by atoms with Crippen LogP contribution in [0.25, 0.3) is 0 Å². The van der Waals surface area contributed by atoms with Crippen LogP contribution in [-0.2, 0) is 27.9 Å². The van der Waals surface area contributed by atoms with E-state index in [0.717, 1.165) is 77.0 Å². The summed E-state index contributed by atoms with van der Waals surface area (Å²) in [6.07, 6.45) is 32.1. The zero-order valence-corrected chi connectivity index (χ0v) is 38.4. The molecule has 13 heteroatoms. The number of allylic oxidation sites excluding steroid dienone is 6. The predicted molar refractivity (Wildman–Crippen MR) is 239 cm³/mol. The van der Waals surface area contributed by atoms with Gasteiger partial charge in [0.25, 0.3) is 0 Å². The van der Waals surface area contributed by atoms with Crippen LogP contribution < -0.4 is 0 Å². The molecule has 0 spiro atoms. The quantitative estimate of drug-likeness (QED) is 0.0148. The molecule has 0 bridgehead atoms. The van der Waals surface area contributed by atoms with Crippen LogP contribution in [0.4, 0.5) is 0 Å². The van der Waals surface area contributed by atoms with Crippen LogP contribution in [0.2, 0.25) is 0 Å². The van der Waals surface area contributed by atoms with Crippen molar-refractivity contribution < 1.29 is 58.3 Å². The van der Waals surface area contributed by atoms with E-state index < -0.39 is 63.1 Å². The molecular formula is C47H87O12P. The van der Waals surface area contributed by atoms with Crippen LogP contribution >= 0.6 is 7.82 Å². The van der Waals surface area contributed by atoms with Crippen molar-refractivity contribution in [2.75, 3.05) is 19.8 Å². The van der Waals surface area contributed by atoms with E-state index in [1.807, 2.05) is 0 Å². The highest BCUT2D eigenvalue weighted by Crippen LogP contribution is 2.47. The standard InChI is InChI=1S/C47H87O12P/c1-3-5-7-9-11-13-15-17-19-21-22-24-26-28-30-32-34-36-41(48)58-40(39-57-60(54,55)59-47-45(52)43(50)42(49)44(51)46(47)53)38-56-37-35-33-31-29-27-25-23-20-18-16-14-12-10-8-6-4-2/h5,7,11,13,17,19,40,42-47,49-53H,3-4,6,8-10,12,14-16,18,20-39H2,1-2H3,(H,54,55)/b7-5-,13-11-,19-17-. The molecule has 1 saturated carbocycles. The van der Waals surface area contributed by atoms with Crippen molar-refractivity contribution >= 4 is 13.8 Å². The van der Waals surface area contributed by atoms with Crippen molar-refractivity contribution in [3.8, 4) is 0 Å². The fourth-order valence-electron chi connectivity index (χ4n) is 7.25. The van der Waals surface area contributed by atoms with Gasteiger partial charge < -0.3 is 39.9 Å². The van der Waals surface area contributed by atoms with Gasteiger partial charge in [0, 0.05) is 13.0 Å². The number of ether oxygens (including phenoxy) is 2. The van der Waals surface area contributed by atoms with Crippen molar-refractivity contribution in [3.05, 3.63) is 36.5 Å². The Morgan fingerprint density at radius 2 is 0.983 bits per heavy atom. The molecule has 60 heavy (non-hydrogen) atoms. The van der Waals surface area contributed by atoms with Gasteiger partial charge in [0.15, 0.2) is 0 Å². The van der Waals surface area contributed by atoms with Crippen LogP contribution in [0.5, 0.6) is 0 Å².